The maximum atomic E-state index is 10.4. The normalized spacial score (nSPS) is 16.5. The highest BCUT2D eigenvalue weighted by Crippen LogP contribution is 2.29. The number of aromatic nitrogens is 1. The molecule has 1 aromatic heterocycles. The number of pyridine rings is 1. The maximum absolute atomic E-state index is 10.4. The molecular weight excluding hydrogens is 386 g/mol. The lowest BCUT2D eigenvalue weighted by atomic mass is 9.96. The Balaban J connectivity index is 1.28. The number of piperazine rings is 1. The minimum absolute atomic E-state index is 0.262. The van der Waals surface area contributed by atoms with Crippen molar-refractivity contribution in [1.82, 2.24) is 14.8 Å². The quantitative estimate of drug-likeness (QED) is 0.579. The summed E-state index contributed by atoms with van der Waals surface area (Å²) in [6.07, 6.45) is 3.03. The fourth-order valence-corrected chi connectivity index (χ4v) is 4.23. The van der Waals surface area contributed by atoms with Crippen LogP contribution in [0.4, 0.5) is 0 Å². The first-order valence-electron chi connectivity index (χ1n) is 11.0. The van der Waals surface area contributed by atoms with E-state index < -0.39 is 6.10 Å². The molecule has 5 heteroatoms. The molecule has 4 rings (SSSR count). The molecule has 1 aliphatic rings. The first kappa shape index (κ1) is 21.7. The van der Waals surface area contributed by atoms with Crippen LogP contribution in [0, 0.1) is 0 Å². The molecular formula is C26H31N3O2. The van der Waals surface area contributed by atoms with E-state index in [1.54, 1.807) is 12.4 Å². The zero-order valence-electron chi connectivity index (χ0n) is 17.9. The standard InChI is InChI=1S/C26H31N3O2/c30-25(21-31-20-22-11-13-27-14-12-22)19-28-15-17-29(18-16-28)26(23-7-3-1-4-8-23)24-9-5-2-6-10-24/h1-14,25-26,30H,15-21H2. The van der Waals surface area contributed by atoms with Gasteiger partial charge in [-0.05, 0) is 28.8 Å². The van der Waals surface area contributed by atoms with Gasteiger partial charge in [-0.25, -0.2) is 0 Å². The van der Waals surface area contributed by atoms with E-state index in [1.165, 1.54) is 11.1 Å². The minimum atomic E-state index is -0.479. The van der Waals surface area contributed by atoms with Crippen molar-refractivity contribution in [3.63, 3.8) is 0 Å². The maximum Gasteiger partial charge on any atom is 0.0900 e. The van der Waals surface area contributed by atoms with Gasteiger partial charge in [0.1, 0.15) is 0 Å². The van der Waals surface area contributed by atoms with Crippen LogP contribution in [0.1, 0.15) is 22.7 Å². The van der Waals surface area contributed by atoms with Crippen LogP contribution in [0.25, 0.3) is 0 Å². The van der Waals surface area contributed by atoms with Gasteiger partial charge in [-0.15, -0.1) is 0 Å². The first-order valence-corrected chi connectivity index (χ1v) is 11.0. The van der Waals surface area contributed by atoms with Crippen molar-refractivity contribution in [2.45, 2.75) is 18.8 Å². The third-order valence-corrected chi connectivity index (χ3v) is 5.80. The molecule has 1 aliphatic heterocycles. The summed E-state index contributed by atoms with van der Waals surface area (Å²) < 4.78 is 5.68. The predicted molar refractivity (Wildman–Crippen MR) is 123 cm³/mol. The number of hydrogen-bond acceptors (Lipinski definition) is 5. The average molecular weight is 418 g/mol. The predicted octanol–water partition coefficient (Wildman–Crippen LogP) is 3.37. The lowest BCUT2D eigenvalue weighted by Crippen LogP contribution is -2.50. The number of ether oxygens (including phenoxy) is 1. The van der Waals surface area contributed by atoms with Crippen molar-refractivity contribution in [3.05, 3.63) is 102 Å². The van der Waals surface area contributed by atoms with Gasteiger partial charge >= 0.3 is 0 Å². The Bertz CT molecular complexity index is 845. The zero-order valence-corrected chi connectivity index (χ0v) is 17.9. The second-order valence-electron chi connectivity index (χ2n) is 8.08. The molecule has 0 saturated carbocycles. The van der Waals surface area contributed by atoms with Crippen LogP contribution >= 0.6 is 0 Å². The van der Waals surface area contributed by atoms with E-state index in [9.17, 15) is 5.11 Å². The molecule has 162 valence electrons. The number of rotatable bonds is 9. The SMILES string of the molecule is OC(COCc1ccncc1)CN1CCN(C(c2ccccc2)c2ccccc2)CC1. The van der Waals surface area contributed by atoms with Crippen LogP contribution in [0.2, 0.25) is 0 Å². The third-order valence-electron chi connectivity index (χ3n) is 5.80. The number of benzene rings is 2. The van der Waals surface area contributed by atoms with Gasteiger partial charge in [-0.3, -0.25) is 14.8 Å². The molecule has 0 spiro atoms. The van der Waals surface area contributed by atoms with Crippen molar-refractivity contribution < 1.29 is 9.84 Å². The van der Waals surface area contributed by atoms with Crippen molar-refractivity contribution in [1.29, 1.82) is 0 Å². The molecule has 31 heavy (non-hydrogen) atoms. The number of aliphatic hydroxyl groups excluding tert-OH is 1. The smallest absolute Gasteiger partial charge is 0.0900 e. The minimum Gasteiger partial charge on any atom is -0.389 e. The Kier molecular flexibility index (Phi) is 7.80. The van der Waals surface area contributed by atoms with Gasteiger partial charge < -0.3 is 9.84 Å². The van der Waals surface area contributed by atoms with Gasteiger partial charge in [0.25, 0.3) is 0 Å². The summed E-state index contributed by atoms with van der Waals surface area (Å²) in [6, 6.07) is 25.6. The van der Waals surface area contributed by atoms with Crippen LogP contribution in [-0.4, -0.2) is 65.3 Å². The lowest BCUT2D eigenvalue weighted by Gasteiger charge is -2.40. The molecule has 1 saturated heterocycles. The van der Waals surface area contributed by atoms with Gasteiger partial charge in [0, 0.05) is 45.1 Å². The highest BCUT2D eigenvalue weighted by Gasteiger charge is 2.27. The topological polar surface area (TPSA) is 48.8 Å². The molecule has 0 aliphatic carbocycles. The Hall–Kier alpha value is -2.57. The highest BCUT2D eigenvalue weighted by atomic mass is 16.5. The molecule has 1 atom stereocenters. The monoisotopic (exact) mass is 417 g/mol. The third kappa shape index (κ3) is 6.21. The van der Waals surface area contributed by atoms with Crippen molar-refractivity contribution >= 4 is 0 Å². The zero-order chi connectivity index (χ0) is 21.3. The summed E-state index contributed by atoms with van der Waals surface area (Å²) in [6.45, 7) is 5.32. The fraction of sp³-hybridized carbons (Fsp3) is 0.346. The lowest BCUT2D eigenvalue weighted by molar-refractivity contribution is -0.000720. The number of hydrogen-bond donors (Lipinski definition) is 1. The molecule has 1 N–H and O–H groups in total. The Morgan fingerprint density at radius 1 is 0.806 bits per heavy atom. The molecule has 1 unspecified atom stereocenters. The van der Waals surface area contributed by atoms with E-state index in [0.717, 1.165) is 31.7 Å². The van der Waals surface area contributed by atoms with Gasteiger partial charge in [-0.2, -0.15) is 0 Å². The van der Waals surface area contributed by atoms with E-state index in [2.05, 4.69) is 75.4 Å². The van der Waals surface area contributed by atoms with E-state index in [-0.39, 0.29) is 6.04 Å². The molecule has 0 amide bonds. The highest BCUT2D eigenvalue weighted by molar-refractivity contribution is 5.32. The summed E-state index contributed by atoms with van der Waals surface area (Å²) in [7, 11) is 0. The van der Waals surface area contributed by atoms with E-state index in [0.29, 0.717) is 19.8 Å². The Morgan fingerprint density at radius 3 is 1.97 bits per heavy atom. The Morgan fingerprint density at radius 2 is 1.39 bits per heavy atom. The van der Waals surface area contributed by atoms with E-state index in [1.807, 2.05) is 12.1 Å². The summed E-state index contributed by atoms with van der Waals surface area (Å²) in [5, 5.41) is 10.4. The summed E-state index contributed by atoms with van der Waals surface area (Å²) in [5.41, 5.74) is 3.72. The number of β-amino-alcohol motifs (C(OH)–C–C–N with tert-alkyl or cyclic N) is 1. The van der Waals surface area contributed by atoms with Gasteiger partial charge in [0.15, 0.2) is 0 Å². The summed E-state index contributed by atoms with van der Waals surface area (Å²) in [4.78, 5) is 8.89. The van der Waals surface area contributed by atoms with Crippen molar-refractivity contribution in [2.75, 3.05) is 39.3 Å². The van der Waals surface area contributed by atoms with Crippen molar-refractivity contribution in [2.24, 2.45) is 0 Å². The van der Waals surface area contributed by atoms with E-state index in [4.69, 9.17) is 4.74 Å². The van der Waals surface area contributed by atoms with Crippen LogP contribution in [0.15, 0.2) is 85.2 Å². The molecule has 5 nitrogen and oxygen atoms in total. The molecule has 2 heterocycles. The molecule has 0 radical (unpaired) electrons. The molecule has 3 aromatic rings. The molecule has 2 aromatic carbocycles. The van der Waals surface area contributed by atoms with Crippen LogP contribution in [0.3, 0.4) is 0 Å². The average Bonchev–Trinajstić information content (AvgIpc) is 2.82. The van der Waals surface area contributed by atoms with E-state index >= 15 is 0 Å². The van der Waals surface area contributed by atoms with Crippen LogP contribution in [-0.2, 0) is 11.3 Å². The van der Waals surface area contributed by atoms with Gasteiger partial charge in [0.2, 0.25) is 0 Å². The van der Waals surface area contributed by atoms with Gasteiger partial charge in [0.05, 0.1) is 25.4 Å². The van der Waals surface area contributed by atoms with Crippen LogP contribution < -0.4 is 0 Å². The molecule has 1 fully saturated rings. The number of aliphatic hydroxyl groups is 1. The Labute approximate surface area is 184 Å². The molecule has 0 bridgehead atoms. The summed E-state index contributed by atoms with van der Waals surface area (Å²) >= 11 is 0. The van der Waals surface area contributed by atoms with Gasteiger partial charge in [-0.1, -0.05) is 60.7 Å². The summed E-state index contributed by atoms with van der Waals surface area (Å²) in [5.74, 6) is 0. The number of nitrogens with zero attached hydrogens (tertiary/aromatic N) is 3. The second kappa shape index (κ2) is 11.2. The second-order valence-corrected chi connectivity index (χ2v) is 8.08. The first-order chi connectivity index (χ1) is 15.3. The van der Waals surface area contributed by atoms with Crippen molar-refractivity contribution in [3.8, 4) is 0 Å². The largest absolute Gasteiger partial charge is 0.389 e. The van der Waals surface area contributed by atoms with Crippen LogP contribution in [0.5, 0.6) is 0 Å². The fourth-order valence-electron chi connectivity index (χ4n) is 4.23.